The van der Waals surface area contributed by atoms with Crippen LogP contribution in [0.25, 0.3) is 0 Å². The molecule has 1 N–H and O–H groups in total. The normalized spacial score (nSPS) is 10.6. The summed E-state index contributed by atoms with van der Waals surface area (Å²) >= 11 is 2.99. The molecule has 0 aliphatic rings. The number of hydrogen-bond acceptors (Lipinski definition) is 2. The van der Waals surface area contributed by atoms with Gasteiger partial charge in [-0.15, -0.1) is 0 Å². The van der Waals surface area contributed by atoms with Gasteiger partial charge in [0.25, 0.3) is 6.43 Å². The van der Waals surface area contributed by atoms with Crippen LogP contribution in [0.1, 0.15) is 17.6 Å². The summed E-state index contributed by atoms with van der Waals surface area (Å²) < 4.78 is 25.1. The van der Waals surface area contributed by atoms with E-state index in [1.165, 1.54) is 6.07 Å². The van der Waals surface area contributed by atoms with E-state index in [0.717, 1.165) is 6.20 Å². The van der Waals surface area contributed by atoms with Crippen molar-refractivity contribution in [2.45, 2.75) is 12.8 Å². The fourth-order valence-corrected chi connectivity index (χ4v) is 1.37. The van der Waals surface area contributed by atoms with Gasteiger partial charge in [0.05, 0.1) is 6.42 Å². The number of hydrogen-bond donors (Lipinski definition) is 1. The molecule has 1 aromatic heterocycles. The van der Waals surface area contributed by atoms with E-state index in [1.54, 1.807) is 0 Å². The first-order valence-electron chi connectivity index (χ1n) is 3.65. The quantitative estimate of drug-likeness (QED) is 0.854. The van der Waals surface area contributed by atoms with E-state index in [2.05, 4.69) is 20.9 Å². The second kappa shape index (κ2) is 4.45. The standard InChI is InChI=1S/C8H6BrF2NO2/c9-6-1-4(2-7(13)14)5(3-12-6)8(10)11/h1,3,8H,2H2,(H,13,14). The smallest absolute Gasteiger partial charge is 0.307 e. The number of aliphatic carboxylic acids is 1. The molecule has 0 atom stereocenters. The fraction of sp³-hybridized carbons (Fsp3) is 0.250. The summed E-state index contributed by atoms with van der Waals surface area (Å²) in [4.78, 5) is 14.0. The third kappa shape index (κ3) is 2.73. The lowest BCUT2D eigenvalue weighted by molar-refractivity contribution is -0.136. The van der Waals surface area contributed by atoms with Crippen LogP contribution in [-0.2, 0) is 11.2 Å². The molecular formula is C8H6BrF2NO2. The van der Waals surface area contributed by atoms with Crippen LogP contribution in [-0.4, -0.2) is 16.1 Å². The molecule has 3 nitrogen and oxygen atoms in total. The first-order valence-corrected chi connectivity index (χ1v) is 4.44. The molecule has 0 aliphatic carbocycles. The molecule has 0 fully saturated rings. The second-order valence-corrected chi connectivity index (χ2v) is 3.39. The highest BCUT2D eigenvalue weighted by Gasteiger charge is 2.15. The first kappa shape index (κ1) is 11.0. The number of aromatic nitrogens is 1. The number of carboxylic acids is 1. The molecule has 0 aliphatic heterocycles. The lowest BCUT2D eigenvalue weighted by Crippen LogP contribution is -2.04. The Labute approximate surface area is 86.9 Å². The molecule has 0 radical (unpaired) electrons. The van der Waals surface area contributed by atoms with Crippen molar-refractivity contribution >= 4 is 21.9 Å². The zero-order valence-electron chi connectivity index (χ0n) is 6.88. The molecule has 0 amide bonds. The van der Waals surface area contributed by atoms with Gasteiger partial charge in [-0.05, 0) is 27.6 Å². The molecule has 1 heterocycles. The number of rotatable bonds is 3. The minimum Gasteiger partial charge on any atom is -0.481 e. The van der Waals surface area contributed by atoms with Gasteiger partial charge in [0.15, 0.2) is 0 Å². The maximum atomic E-state index is 12.4. The summed E-state index contributed by atoms with van der Waals surface area (Å²) in [7, 11) is 0. The lowest BCUT2D eigenvalue weighted by Gasteiger charge is -2.06. The van der Waals surface area contributed by atoms with Gasteiger partial charge in [-0.1, -0.05) is 0 Å². The predicted molar refractivity (Wildman–Crippen MR) is 48.2 cm³/mol. The number of carboxylic acid groups (broad SMARTS) is 1. The maximum absolute atomic E-state index is 12.4. The molecule has 0 saturated heterocycles. The molecule has 0 saturated carbocycles. The van der Waals surface area contributed by atoms with Crippen molar-refractivity contribution in [3.05, 3.63) is 28.0 Å². The topological polar surface area (TPSA) is 50.2 Å². The van der Waals surface area contributed by atoms with E-state index in [4.69, 9.17) is 5.11 Å². The molecule has 76 valence electrons. The Bertz CT molecular complexity index is 357. The van der Waals surface area contributed by atoms with Crippen molar-refractivity contribution in [2.75, 3.05) is 0 Å². The van der Waals surface area contributed by atoms with E-state index in [0.29, 0.717) is 4.60 Å². The average molecular weight is 266 g/mol. The van der Waals surface area contributed by atoms with Crippen LogP contribution in [0, 0.1) is 0 Å². The van der Waals surface area contributed by atoms with Crippen molar-refractivity contribution < 1.29 is 18.7 Å². The highest BCUT2D eigenvalue weighted by molar-refractivity contribution is 9.10. The monoisotopic (exact) mass is 265 g/mol. The molecule has 0 spiro atoms. The number of nitrogens with zero attached hydrogens (tertiary/aromatic N) is 1. The minimum atomic E-state index is -2.70. The summed E-state index contributed by atoms with van der Waals surface area (Å²) in [5.74, 6) is -1.15. The molecular weight excluding hydrogens is 260 g/mol. The highest BCUT2D eigenvalue weighted by Crippen LogP contribution is 2.24. The third-order valence-electron chi connectivity index (χ3n) is 1.57. The summed E-state index contributed by atoms with van der Waals surface area (Å²) in [6.07, 6.45) is -2.15. The number of carbonyl (C=O) groups is 1. The SMILES string of the molecule is O=C(O)Cc1cc(Br)ncc1C(F)F. The van der Waals surface area contributed by atoms with E-state index in [9.17, 15) is 13.6 Å². The number of halogens is 3. The summed E-state index contributed by atoms with van der Waals surface area (Å²) in [6, 6.07) is 1.29. The van der Waals surface area contributed by atoms with Crippen molar-refractivity contribution in [3.63, 3.8) is 0 Å². The van der Waals surface area contributed by atoms with Crippen LogP contribution in [0.5, 0.6) is 0 Å². The molecule has 6 heteroatoms. The molecule has 1 aromatic rings. The van der Waals surface area contributed by atoms with Crippen LogP contribution in [0.15, 0.2) is 16.9 Å². The van der Waals surface area contributed by atoms with Gasteiger partial charge in [-0.25, -0.2) is 13.8 Å². The highest BCUT2D eigenvalue weighted by atomic mass is 79.9. The van der Waals surface area contributed by atoms with Crippen LogP contribution >= 0.6 is 15.9 Å². The molecule has 0 unspecified atom stereocenters. The number of alkyl halides is 2. The molecule has 0 bridgehead atoms. The van der Waals surface area contributed by atoms with Gasteiger partial charge >= 0.3 is 5.97 Å². The Balaban J connectivity index is 3.09. The Kier molecular flexibility index (Phi) is 3.51. The Morgan fingerprint density at radius 1 is 1.64 bits per heavy atom. The minimum absolute atomic E-state index is 0.0781. The van der Waals surface area contributed by atoms with Crippen LogP contribution in [0.4, 0.5) is 8.78 Å². The van der Waals surface area contributed by atoms with Crippen molar-refractivity contribution in [1.29, 1.82) is 0 Å². The zero-order chi connectivity index (χ0) is 10.7. The maximum Gasteiger partial charge on any atom is 0.307 e. The van der Waals surface area contributed by atoms with Crippen LogP contribution in [0.2, 0.25) is 0 Å². The lowest BCUT2D eigenvalue weighted by atomic mass is 10.1. The van der Waals surface area contributed by atoms with E-state index in [1.807, 2.05) is 0 Å². The van der Waals surface area contributed by atoms with E-state index >= 15 is 0 Å². The van der Waals surface area contributed by atoms with Gasteiger partial charge in [-0.2, -0.15) is 0 Å². The molecule has 0 aromatic carbocycles. The summed E-state index contributed by atoms with van der Waals surface area (Å²) in [5, 5.41) is 8.48. The predicted octanol–water partition coefficient (Wildman–Crippen LogP) is 2.41. The van der Waals surface area contributed by atoms with Crippen molar-refractivity contribution in [1.82, 2.24) is 4.98 Å². The van der Waals surface area contributed by atoms with Crippen molar-refractivity contribution in [3.8, 4) is 0 Å². The first-order chi connectivity index (χ1) is 6.50. The summed E-state index contributed by atoms with van der Waals surface area (Å²) in [5.41, 5.74) is -0.259. The van der Waals surface area contributed by atoms with Gasteiger partial charge in [0.1, 0.15) is 4.60 Å². The van der Waals surface area contributed by atoms with E-state index in [-0.39, 0.29) is 11.1 Å². The second-order valence-electron chi connectivity index (χ2n) is 2.58. The Morgan fingerprint density at radius 2 is 2.29 bits per heavy atom. The largest absolute Gasteiger partial charge is 0.481 e. The van der Waals surface area contributed by atoms with Crippen molar-refractivity contribution in [2.24, 2.45) is 0 Å². The molecule has 14 heavy (non-hydrogen) atoms. The summed E-state index contributed by atoms with van der Waals surface area (Å²) in [6.45, 7) is 0. The average Bonchev–Trinajstić information content (AvgIpc) is 2.01. The van der Waals surface area contributed by atoms with Crippen LogP contribution in [0.3, 0.4) is 0 Å². The van der Waals surface area contributed by atoms with Gasteiger partial charge < -0.3 is 5.11 Å². The van der Waals surface area contributed by atoms with E-state index < -0.39 is 18.8 Å². The zero-order valence-corrected chi connectivity index (χ0v) is 8.46. The fourth-order valence-electron chi connectivity index (χ4n) is 0.991. The molecule has 1 rings (SSSR count). The number of pyridine rings is 1. The Hall–Kier alpha value is -1.04. The van der Waals surface area contributed by atoms with Gasteiger partial charge in [-0.3, -0.25) is 4.79 Å². The van der Waals surface area contributed by atoms with Crippen LogP contribution < -0.4 is 0 Å². The third-order valence-corrected chi connectivity index (χ3v) is 2.00. The Morgan fingerprint density at radius 3 is 2.79 bits per heavy atom. The van der Waals surface area contributed by atoms with Gasteiger partial charge in [0, 0.05) is 11.8 Å². The van der Waals surface area contributed by atoms with Gasteiger partial charge in [0.2, 0.25) is 0 Å².